The van der Waals surface area contributed by atoms with Crippen LogP contribution in [0.2, 0.25) is 0 Å². The van der Waals surface area contributed by atoms with Gasteiger partial charge in [-0.15, -0.1) is 23.7 Å². The maximum Gasteiger partial charge on any atom is 0.253 e. The maximum absolute atomic E-state index is 12.4. The van der Waals surface area contributed by atoms with Gasteiger partial charge in [0.1, 0.15) is 10.8 Å². The molecule has 0 spiro atoms. The highest BCUT2D eigenvalue weighted by Crippen LogP contribution is 2.36. The molecule has 150 valence electrons. The Kier molecular flexibility index (Phi) is 5.63. The number of halogens is 1. The summed E-state index contributed by atoms with van der Waals surface area (Å²) in [6, 6.07) is 10.2. The Morgan fingerprint density at radius 3 is 2.69 bits per heavy atom. The van der Waals surface area contributed by atoms with E-state index in [4.69, 9.17) is 4.98 Å². The van der Waals surface area contributed by atoms with Crippen molar-refractivity contribution in [2.24, 2.45) is 10.9 Å². The third-order valence-corrected chi connectivity index (χ3v) is 6.43. The van der Waals surface area contributed by atoms with Gasteiger partial charge in [0.25, 0.3) is 5.91 Å². The fourth-order valence-corrected chi connectivity index (χ4v) is 4.97. The van der Waals surface area contributed by atoms with E-state index in [1.54, 1.807) is 11.3 Å². The standard InChI is InChI=1S/C21H21N5OS.ClH/c1-13-19(14-5-3-2-4-6-14)25-21(28-13)16-12-23-26-17(16)11-18(27)24-20(26)15-7-9-22-10-8-15;/h2-6,12,15,22H,7-11H2,1H3;1H. The first-order valence-electron chi connectivity index (χ1n) is 9.63. The van der Waals surface area contributed by atoms with Crippen LogP contribution in [0.3, 0.4) is 0 Å². The molecule has 4 heterocycles. The summed E-state index contributed by atoms with van der Waals surface area (Å²) in [6.45, 7) is 3.99. The predicted octanol–water partition coefficient (Wildman–Crippen LogP) is 3.73. The number of benzene rings is 1. The average Bonchev–Trinajstić information content (AvgIpc) is 3.32. The van der Waals surface area contributed by atoms with Crippen LogP contribution in [0.4, 0.5) is 0 Å². The second-order valence-corrected chi connectivity index (χ2v) is 8.47. The van der Waals surface area contributed by atoms with Crippen molar-refractivity contribution < 1.29 is 4.79 Å². The fourth-order valence-electron chi connectivity index (χ4n) is 4.00. The van der Waals surface area contributed by atoms with E-state index >= 15 is 0 Å². The Morgan fingerprint density at radius 1 is 1.17 bits per heavy atom. The number of nitrogens with one attached hydrogen (secondary N) is 1. The van der Waals surface area contributed by atoms with Crippen LogP contribution in [0.25, 0.3) is 21.8 Å². The van der Waals surface area contributed by atoms with Gasteiger partial charge in [0.15, 0.2) is 0 Å². The highest BCUT2D eigenvalue weighted by Gasteiger charge is 2.30. The number of thiazole rings is 1. The minimum Gasteiger partial charge on any atom is -0.317 e. The lowest BCUT2D eigenvalue weighted by Crippen LogP contribution is -2.38. The maximum atomic E-state index is 12.4. The highest BCUT2D eigenvalue weighted by molar-refractivity contribution is 7.15. The average molecular weight is 428 g/mol. The number of rotatable bonds is 3. The summed E-state index contributed by atoms with van der Waals surface area (Å²) >= 11 is 1.65. The molecule has 5 rings (SSSR count). The Labute approximate surface area is 179 Å². The number of aromatic nitrogens is 3. The smallest absolute Gasteiger partial charge is 0.253 e. The molecule has 0 radical (unpaired) electrons. The lowest BCUT2D eigenvalue weighted by molar-refractivity contribution is -0.117. The van der Waals surface area contributed by atoms with Crippen LogP contribution in [0.5, 0.6) is 0 Å². The summed E-state index contributed by atoms with van der Waals surface area (Å²) in [4.78, 5) is 22.8. The molecule has 1 aromatic carbocycles. The van der Waals surface area contributed by atoms with Crippen LogP contribution in [0.1, 0.15) is 23.4 Å². The van der Waals surface area contributed by atoms with Crippen LogP contribution in [0.15, 0.2) is 41.5 Å². The van der Waals surface area contributed by atoms with Crippen LogP contribution in [-0.4, -0.2) is 39.6 Å². The SMILES string of the molecule is Cc1sc(-c2cnn3c2CC(=O)N=C3C2CCNCC2)nc1-c1ccccc1.Cl. The molecule has 2 aliphatic rings. The summed E-state index contributed by atoms with van der Waals surface area (Å²) in [5.41, 5.74) is 3.97. The first-order valence-corrected chi connectivity index (χ1v) is 10.4. The molecule has 2 aromatic heterocycles. The van der Waals surface area contributed by atoms with E-state index in [1.807, 2.05) is 29.1 Å². The van der Waals surface area contributed by atoms with Gasteiger partial charge >= 0.3 is 0 Å². The summed E-state index contributed by atoms with van der Waals surface area (Å²) < 4.78 is 1.89. The first kappa shape index (κ1) is 19.9. The molecular formula is C21H22ClN5OS. The molecule has 0 unspecified atom stereocenters. The van der Waals surface area contributed by atoms with Crippen molar-refractivity contribution in [3.05, 3.63) is 47.1 Å². The minimum absolute atomic E-state index is 0. The quantitative estimate of drug-likeness (QED) is 0.691. The summed E-state index contributed by atoms with van der Waals surface area (Å²) in [6.07, 6.45) is 4.09. The second-order valence-electron chi connectivity index (χ2n) is 7.27. The largest absolute Gasteiger partial charge is 0.317 e. The van der Waals surface area contributed by atoms with Crippen LogP contribution in [0, 0.1) is 12.8 Å². The number of fused-ring (bicyclic) bond motifs is 1. The summed E-state index contributed by atoms with van der Waals surface area (Å²) in [5.74, 6) is 0.991. The molecule has 3 aromatic rings. The molecule has 1 N–H and O–H groups in total. The van der Waals surface area contributed by atoms with E-state index in [0.29, 0.717) is 0 Å². The molecule has 0 aliphatic carbocycles. The number of nitrogens with zero attached hydrogens (tertiary/aromatic N) is 4. The predicted molar refractivity (Wildman–Crippen MR) is 118 cm³/mol. The zero-order chi connectivity index (χ0) is 19.1. The molecule has 1 saturated heterocycles. The second kappa shape index (κ2) is 8.18. The van der Waals surface area contributed by atoms with Gasteiger partial charge in [-0.3, -0.25) is 4.79 Å². The Morgan fingerprint density at radius 2 is 1.93 bits per heavy atom. The van der Waals surface area contributed by atoms with E-state index in [1.165, 1.54) is 0 Å². The van der Waals surface area contributed by atoms with Crippen molar-refractivity contribution in [3.8, 4) is 21.8 Å². The van der Waals surface area contributed by atoms with Gasteiger partial charge in [0, 0.05) is 16.4 Å². The molecule has 0 saturated carbocycles. The number of aliphatic imine (C=N–C) groups is 1. The third kappa shape index (κ3) is 3.66. The van der Waals surface area contributed by atoms with E-state index in [-0.39, 0.29) is 30.7 Å². The molecule has 29 heavy (non-hydrogen) atoms. The topological polar surface area (TPSA) is 72.2 Å². The number of carbonyl (C=O) groups excluding carboxylic acids is 1. The Bertz CT molecular complexity index is 1070. The van der Waals surface area contributed by atoms with Crippen molar-refractivity contribution in [2.75, 3.05) is 13.1 Å². The van der Waals surface area contributed by atoms with Crippen molar-refractivity contribution in [1.29, 1.82) is 0 Å². The lowest BCUT2D eigenvalue weighted by Gasteiger charge is -2.26. The molecular weight excluding hydrogens is 406 g/mol. The Hall–Kier alpha value is -2.35. The Balaban J connectivity index is 0.00000205. The summed E-state index contributed by atoms with van der Waals surface area (Å²) in [7, 11) is 0. The number of hydrogen-bond acceptors (Lipinski definition) is 5. The van der Waals surface area contributed by atoms with Crippen LogP contribution >= 0.6 is 23.7 Å². The van der Waals surface area contributed by atoms with E-state index in [9.17, 15) is 4.79 Å². The van der Waals surface area contributed by atoms with Crippen molar-refractivity contribution >= 4 is 35.5 Å². The zero-order valence-corrected chi connectivity index (χ0v) is 17.7. The van der Waals surface area contributed by atoms with Gasteiger partial charge < -0.3 is 5.32 Å². The first-order chi connectivity index (χ1) is 13.7. The fraction of sp³-hybridized carbons (Fsp3) is 0.333. The number of amides is 1. The van der Waals surface area contributed by atoms with Gasteiger partial charge in [-0.1, -0.05) is 30.3 Å². The monoisotopic (exact) mass is 427 g/mol. The molecule has 0 bridgehead atoms. The van der Waals surface area contributed by atoms with Crippen LogP contribution in [-0.2, 0) is 11.2 Å². The molecule has 0 atom stereocenters. The number of hydrogen-bond donors (Lipinski definition) is 1. The third-order valence-electron chi connectivity index (χ3n) is 5.42. The normalized spacial score (nSPS) is 16.9. The van der Waals surface area contributed by atoms with Gasteiger partial charge in [0.05, 0.1) is 29.6 Å². The zero-order valence-electron chi connectivity index (χ0n) is 16.1. The van der Waals surface area contributed by atoms with Gasteiger partial charge in [0.2, 0.25) is 0 Å². The number of carbonyl (C=O) groups is 1. The molecule has 1 amide bonds. The minimum atomic E-state index is -0.0839. The summed E-state index contributed by atoms with van der Waals surface area (Å²) in [5, 5.41) is 8.90. The van der Waals surface area contributed by atoms with Gasteiger partial charge in [-0.25, -0.2) is 9.67 Å². The highest BCUT2D eigenvalue weighted by atomic mass is 35.5. The van der Waals surface area contributed by atoms with E-state index < -0.39 is 0 Å². The van der Waals surface area contributed by atoms with E-state index in [2.05, 4.69) is 34.5 Å². The van der Waals surface area contributed by atoms with E-state index in [0.717, 1.165) is 64.2 Å². The lowest BCUT2D eigenvalue weighted by atomic mass is 9.95. The molecule has 2 aliphatic heterocycles. The number of piperidine rings is 1. The molecule has 1 fully saturated rings. The molecule has 8 heteroatoms. The van der Waals surface area contributed by atoms with Gasteiger partial charge in [-0.05, 0) is 32.9 Å². The van der Waals surface area contributed by atoms with Crippen LogP contribution < -0.4 is 5.32 Å². The van der Waals surface area contributed by atoms with Crippen molar-refractivity contribution in [3.63, 3.8) is 0 Å². The van der Waals surface area contributed by atoms with Crippen molar-refractivity contribution in [1.82, 2.24) is 20.1 Å². The van der Waals surface area contributed by atoms with Gasteiger partial charge in [-0.2, -0.15) is 10.1 Å². The molecule has 6 nitrogen and oxygen atoms in total. The van der Waals surface area contributed by atoms with Crippen molar-refractivity contribution in [2.45, 2.75) is 26.2 Å². The number of aryl methyl sites for hydroxylation is 1.